The number of rotatable bonds is 2. The summed E-state index contributed by atoms with van der Waals surface area (Å²) in [6.45, 7) is 7.15. The fourth-order valence-electron chi connectivity index (χ4n) is 3.92. The van der Waals surface area contributed by atoms with Gasteiger partial charge in [0.15, 0.2) is 0 Å². The van der Waals surface area contributed by atoms with E-state index in [1.807, 2.05) is 26.8 Å². The van der Waals surface area contributed by atoms with E-state index >= 15 is 0 Å². The Bertz CT molecular complexity index is 1120. The molecule has 1 saturated heterocycles. The second kappa shape index (κ2) is 7.35. The summed E-state index contributed by atoms with van der Waals surface area (Å²) < 4.78 is 42.2. The maximum atomic E-state index is 13.2. The minimum absolute atomic E-state index is 0.112. The quantitative estimate of drug-likeness (QED) is 0.612. The van der Waals surface area contributed by atoms with Gasteiger partial charge in [-0.2, -0.15) is 18.3 Å². The van der Waals surface area contributed by atoms with Crippen molar-refractivity contribution in [2.45, 2.75) is 51.2 Å². The summed E-state index contributed by atoms with van der Waals surface area (Å²) in [4.78, 5) is 14.9. The second-order valence-corrected chi connectivity index (χ2v) is 9.07. The first-order valence-corrected chi connectivity index (χ1v) is 10.2. The maximum absolute atomic E-state index is 13.2. The molecule has 10 heteroatoms. The number of likely N-dealkylation sites (tertiary alicyclic amines) is 1. The third-order valence-electron chi connectivity index (χ3n) is 5.70. The Morgan fingerprint density at radius 1 is 1.16 bits per heavy atom. The van der Waals surface area contributed by atoms with Gasteiger partial charge in [0.1, 0.15) is 11.2 Å². The lowest BCUT2D eigenvalue weighted by atomic mass is 9.92. The smallest absolute Gasteiger partial charge is 0.335 e. The van der Waals surface area contributed by atoms with Crippen LogP contribution in [0.3, 0.4) is 0 Å². The molecule has 1 atom stereocenters. The number of nitrogens with zero attached hydrogens (tertiary/aromatic N) is 6. The number of amides is 1. The molecule has 0 radical (unpaired) electrons. The first-order chi connectivity index (χ1) is 14.4. The monoisotopic (exact) mass is 434 g/mol. The zero-order valence-corrected chi connectivity index (χ0v) is 17.9. The number of piperidine rings is 1. The molecule has 1 aliphatic heterocycles. The lowest BCUT2D eigenvalue weighted by Gasteiger charge is -2.32. The first-order valence-electron chi connectivity index (χ1n) is 10.2. The fraction of sp³-hybridized carbons (Fsp3) is 0.524. The molecule has 0 saturated carbocycles. The molecule has 1 aliphatic rings. The van der Waals surface area contributed by atoms with E-state index in [-0.39, 0.29) is 22.9 Å². The molecule has 4 rings (SSSR count). The predicted molar refractivity (Wildman–Crippen MR) is 109 cm³/mol. The highest BCUT2D eigenvalue weighted by molar-refractivity contribution is 5.93. The van der Waals surface area contributed by atoms with E-state index in [2.05, 4.69) is 15.4 Å². The van der Waals surface area contributed by atoms with Crippen LogP contribution in [0.15, 0.2) is 24.3 Å². The molecule has 0 bridgehead atoms. The van der Waals surface area contributed by atoms with Crippen LogP contribution in [-0.4, -0.2) is 48.7 Å². The highest BCUT2D eigenvalue weighted by Gasteiger charge is 2.33. The van der Waals surface area contributed by atoms with Crippen molar-refractivity contribution in [3.8, 4) is 0 Å². The van der Waals surface area contributed by atoms with Gasteiger partial charge in [-0.05, 0) is 37.1 Å². The predicted octanol–water partition coefficient (Wildman–Crippen LogP) is 3.96. The highest BCUT2D eigenvalue weighted by atomic mass is 19.4. The number of hydrogen-bond acceptors (Lipinski definition) is 4. The average molecular weight is 434 g/mol. The largest absolute Gasteiger partial charge is 0.416 e. The number of aryl methyl sites for hydroxylation is 1. The Hall–Kier alpha value is -2.91. The highest BCUT2D eigenvalue weighted by Crippen LogP contribution is 2.32. The topological polar surface area (TPSA) is 68.8 Å². The van der Waals surface area contributed by atoms with E-state index in [1.54, 1.807) is 21.3 Å². The molecule has 1 aromatic carbocycles. The fourth-order valence-corrected chi connectivity index (χ4v) is 3.92. The van der Waals surface area contributed by atoms with Crippen molar-refractivity contribution in [2.75, 3.05) is 13.1 Å². The van der Waals surface area contributed by atoms with E-state index < -0.39 is 11.7 Å². The Morgan fingerprint density at radius 3 is 2.55 bits per heavy atom. The number of halogens is 3. The summed E-state index contributed by atoms with van der Waals surface area (Å²) in [5.74, 6) is -0.112. The van der Waals surface area contributed by atoms with Crippen molar-refractivity contribution in [3.05, 3.63) is 41.2 Å². The molecule has 3 aromatic rings. The molecule has 1 unspecified atom stereocenters. The third kappa shape index (κ3) is 4.03. The summed E-state index contributed by atoms with van der Waals surface area (Å²) >= 11 is 0. The number of aromatic nitrogens is 5. The Kier molecular flexibility index (Phi) is 5.06. The molecule has 0 spiro atoms. The van der Waals surface area contributed by atoms with Gasteiger partial charge < -0.3 is 4.90 Å². The van der Waals surface area contributed by atoms with Crippen molar-refractivity contribution >= 4 is 16.9 Å². The Balaban J connectivity index is 1.58. The van der Waals surface area contributed by atoms with Crippen LogP contribution in [0.2, 0.25) is 0 Å². The van der Waals surface area contributed by atoms with Crippen molar-refractivity contribution in [1.82, 2.24) is 29.7 Å². The number of carbonyl (C=O) groups is 1. The average Bonchev–Trinajstić information content (AvgIpc) is 3.30. The van der Waals surface area contributed by atoms with Crippen molar-refractivity contribution in [2.24, 2.45) is 7.05 Å². The lowest BCUT2D eigenvalue weighted by Crippen LogP contribution is -2.41. The van der Waals surface area contributed by atoms with Crippen LogP contribution in [0.5, 0.6) is 0 Å². The van der Waals surface area contributed by atoms with Gasteiger partial charge in [-0.25, -0.2) is 4.68 Å². The van der Waals surface area contributed by atoms with Crippen LogP contribution in [0, 0.1) is 0 Å². The summed E-state index contributed by atoms with van der Waals surface area (Å²) in [6, 6.07) is 5.12. The van der Waals surface area contributed by atoms with E-state index in [1.165, 1.54) is 6.07 Å². The summed E-state index contributed by atoms with van der Waals surface area (Å²) in [7, 11) is 1.76. The molecule has 1 amide bonds. The molecule has 31 heavy (non-hydrogen) atoms. The van der Waals surface area contributed by atoms with Crippen LogP contribution in [-0.2, 0) is 18.6 Å². The standard InChI is InChI=1S/C21H25F3N6O/c1-20(2,3)18-11-17(28(4)26-18)19(31)29-9-5-6-14(12-29)30-16-8-7-13(21(22,23)24)10-15(16)25-27-30/h7-8,10-11,14H,5-6,9,12H2,1-4H3. The van der Waals surface area contributed by atoms with Crippen LogP contribution in [0.1, 0.15) is 61.4 Å². The summed E-state index contributed by atoms with van der Waals surface area (Å²) in [5, 5.41) is 12.5. The molecular formula is C21H25F3N6O. The van der Waals surface area contributed by atoms with Gasteiger partial charge in [0, 0.05) is 25.6 Å². The minimum atomic E-state index is -4.43. The molecule has 2 aromatic heterocycles. The van der Waals surface area contributed by atoms with Gasteiger partial charge in [-0.3, -0.25) is 9.48 Å². The van der Waals surface area contributed by atoms with Gasteiger partial charge in [0.05, 0.1) is 22.8 Å². The number of carbonyl (C=O) groups excluding carboxylic acids is 1. The molecule has 0 N–H and O–H groups in total. The van der Waals surface area contributed by atoms with Gasteiger partial charge in [0.25, 0.3) is 5.91 Å². The zero-order chi connectivity index (χ0) is 22.6. The summed E-state index contributed by atoms with van der Waals surface area (Å²) in [5.41, 5.74) is 1.16. The normalized spacial score (nSPS) is 18.0. The van der Waals surface area contributed by atoms with Crippen LogP contribution >= 0.6 is 0 Å². The molecule has 166 valence electrons. The summed E-state index contributed by atoms with van der Waals surface area (Å²) in [6.07, 6.45) is -2.90. The van der Waals surface area contributed by atoms with Crippen LogP contribution in [0.4, 0.5) is 13.2 Å². The van der Waals surface area contributed by atoms with Gasteiger partial charge >= 0.3 is 6.18 Å². The minimum Gasteiger partial charge on any atom is -0.335 e. The third-order valence-corrected chi connectivity index (χ3v) is 5.70. The van der Waals surface area contributed by atoms with E-state index in [4.69, 9.17) is 0 Å². The van der Waals surface area contributed by atoms with Crippen LogP contribution < -0.4 is 0 Å². The first kappa shape index (κ1) is 21.3. The lowest BCUT2D eigenvalue weighted by molar-refractivity contribution is -0.137. The van der Waals surface area contributed by atoms with Gasteiger partial charge in [0.2, 0.25) is 0 Å². The number of benzene rings is 1. The molecule has 1 fully saturated rings. The molecule has 0 aliphatic carbocycles. The van der Waals surface area contributed by atoms with Crippen molar-refractivity contribution in [1.29, 1.82) is 0 Å². The number of fused-ring (bicyclic) bond motifs is 1. The maximum Gasteiger partial charge on any atom is 0.416 e. The van der Waals surface area contributed by atoms with Gasteiger partial charge in [-0.15, -0.1) is 5.10 Å². The van der Waals surface area contributed by atoms with E-state index in [9.17, 15) is 18.0 Å². The Morgan fingerprint density at radius 2 is 1.90 bits per heavy atom. The zero-order valence-electron chi connectivity index (χ0n) is 17.9. The Labute approximate surface area is 177 Å². The molecule has 3 heterocycles. The van der Waals surface area contributed by atoms with Crippen LogP contribution in [0.25, 0.3) is 11.0 Å². The second-order valence-electron chi connectivity index (χ2n) is 9.07. The SMILES string of the molecule is Cn1nc(C(C)(C)C)cc1C(=O)N1CCCC(n2nnc3cc(C(F)(F)F)ccc32)C1. The molecule has 7 nitrogen and oxygen atoms in total. The molecular weight excluding hydrogens is 409 g/mol. The van der Waals surface area contributed by atoms with E-state index in [0.29, 0.717) is 24.3 Å². The number of hydrogen-bond donors (Lipinski definition) is 0. The van der Waals surface area contributed by atoms with Gasteiger partial charge in [-0.1, -0.05) is 26.0 Å². The van der Waals surface area contributed by atoms with Crippen molar-refractivity contribution < 1.29 is 18.0 Å². The van der Waals surface area contributed by atoms with Crippen molar-refractivity contribution in [3.63, 3.8) is 0 Å². The van der Waals surface area contributed by atoms with E-state index in [0.717, 1.165) is 30.7 Å². The number of alkyl halides is 3.